The number of hydrogen-bond donors (Lipinski definition) is 1. The molecule has 9 nitrogen and oxygen atoms in total. The molecule has 0 aliphatic carbocycles. The van der Waals surface area contributed by atoms with Crippen LogP contribution in [-0.4, -0.2) is 42.2 Å². The highest BCUT2D eigenvalue weighted by Gasteiger charge is 2.37. The van der Waals surface area contributed by atoms with Crippen molar-refractivity contribution in [2.24, 2.45) is 0 Å². The lowest BCUT2D eigenvalue weighted by molar-refractivity contribution is -0.116. The van der Waals surface area contributed by atoms with Crippen molar-refractivity contribution in [2.75, 3.05) is 28.5 Å². The van der Waals surface area contributed by atoms with E-state index in [1.165, 1.54) is 31.4 Å². The third-order valence-electron chi connectivity index (χ3n) is 4.17. The molecule has 0 unspecified atom stereocenters. The Morgan fingerprint density at radius 1 is 1.14 bits per heavy atom. The lowest BCUT2D eigenvalue weighted by Gasteiger charge is -2.18. The summed E-state index contributed by atoms with van der Waals surface area (Å²) in [5.74, 6) is -0.327. The summed E-state index contributed by atoms with van der Waals surface area (Å²) in [4.78, 5) is 11.7. The van der Waals surface area contributed by atoms with E-state index >= 15 is 0 Å². The van der Waals surface area contributed by atoms with Gasteiger partial charge in [0, 0.05) is 12.1 Å². The first kappa shape index (κ1) is 20.9. The number of ether oxygens (including phenoxy) is 2. The van der Waals surface area contributed by atoms with Crippen LogP contribution in [0.25, 0.3) is 0 Å². The molecule has 0 atom stereocenters. The maximum absolute atomic E-state index is 12.9. The second-order valence-electron chi connectivity index (χ2n) is 6.12. The Morgan fingerprint density at radius 3 is 2.38 bits per heavy atom. The van der Waals surface area contributed by atoms with Gasteiger partial charge in [-0.3, -0.25) is 9.52 Å². The molecule has 156 valence electrons. The first-order chi connectivity index (χ1) is 13.7. The van der Waals surface area contributed by atoms with Crippen molar-refractivity contribution in [3.8, 4) is 11.5 Å². The van der Waals surface area contributed by atoms with Crippen molar-refractivity contribution in [3.63, 3.8) is 0 Å². The molecule has 0 spiro atoms. The fourth-order valence-corrected chi connectivity index (χ4v) is 5.57. The molecule has 2 aromatic carbocycles. The van der Waals surface area contributed by atoms with Crippen LogP contribution in [0.5, 0.6) is 11.5 Å². The second-order valence-corrected chi connectivity index (χ2v) is 9.71. The third kappa shape index (κ3) is 4.30. The summed E-state index contributed by atoms with van der Waals surface area (Å²) in [5, 5.41) is 0. The van der Waals surface area contributed by atoms with Gasteiger partial charge in [-0.1, -0.05) is 0 Å². The zero-order valence-corrected chi connectivity index (χ0v) is 17.4. The van der Waals surface area contributed by atoms with Gasteiger partial charge in [-0.05, 0) is 49.4 Å². The molecule has 0 aromatic heterocycles. The summed E-state index contributed by atoms with van der Waals surface area (Å²) in [6, 6.07) is 10.0. The Balaban J connectivity index is 1.98. The Labute approximate surface area is 169 Å². The number of benzene rings is 2. The van der Waals surface area contributed by atoms with E-state index in [0.717, 1.165) is 6.07 Å². The fraction of sp³-hybridized carbons (Fsp3) is 0.278. The Hall–Kier alpha value is -2.79. The van der Waals surface area contributed by atoms with E-state index in [2.05, 4.69) is 4.72 Å². The zero-order valence-electron chi connectivity index (χ0n) is 15.8. The first-order valence-corrected chi connectivity index (χ1v) is 11.8. The van der Waals surface area contributed by atoms with Gasteiger partial charge in [0.2, 0.25) is 15.9 Å². The van der Waals surface area contributed by atoms with E-state index in [0.29, 0.717) is 16.7 Å². The van der Waals surface area contributed by atoms with Crippen LogP contribution in [0.2, 0.25) is 0 Å². The molecule has 1 heterocycles. The van der Waals surface area contributed by atoms with Gasteiger partial charge in [0.25, 0.3) is 10.0 Å². The van der Waals surface area contributed by atoms with Gasteiger partial charge in [-0.25, -0.2) is 21.1 Å². The Bertz CT molecular complexity index is 1130. The van der Waals surface area contributed by atoms with E-state index in [4.69, 9.17) is 9.47 Å². The highest BCUT2D eigenvalue weighted by atomic mass is 32.2. The summed E-state index contributed by atoms with van der Waals surface area (Å²) in [6.45, 7) is 2.31. The molecule has 1 aliphatic rings. The van der Waals surface area contributed by atoms with E-state index < -0.39 is 26.0 Å². The minimum Gasteiger partial charge on any atom is -0.495 e. The smallest absolute Gasteiger partial charge is 0.265 e. The molecule has 1 N–H and O–H groups in total. The third-order valence-corrected chi connectivity index (χ3v) is 7.26. The molecule has 0 saturated carbocycles. The van der Waals surface area contributed by atoms with E-state index in [-0.39, 0.29) is 34.2 Å². The monoisotopic (exact) mass is 440 g/mol. The Morgan fingerprint density at radius 2 is 1.83 bits per heavy atom. The van der Waals surface area contributed by atoms with Gasteiger partial charge >= 0.3 is 0 Å². The van der Waals surface area contributed by atoms with Crippen LogP contribution in [0, 0.1) is 0 Å². The van der Waals surface area contributed by atoms with Crippen LogP contribution in [0.15, 0.2) is 47.4 Å². The number of sulfonamides is 2. The normalized spacial score (nSPS) is 15.9. The van der Waals surface area contributed by atoms with Crippen molar-refractivity contribution < 1.29 is 31.1 Å². The van der Waals surface area contributed by atoms with Crippen molar-refractivity contribution in [1.29, 1.82) is 0 Å². The number of hydrogen-bond acceptors (Lipinski definition) is 7. The topological polar surface area (TPSA) is 119 Å². The number of nitrogens with one attached hydrogen (secondary N) is 1. The molecule has 3 rings (SSSR count). The quantitative estimate of drug-likeness (QED) is 0.699. The summed E-state index contributed by atoms with van der Waals surface area (Å²) >= 11 is 0. The van der Waals surface area contributed by atoms with E-state index in [9.17, 15) is 21.6 Å². The van der Waals surface area contributed by atoms with Gasteiger partial charge in [-0.15, -0.1) is 0 Å². The average molecular weight is 440 g/mol. The fourth-order valence-electron chi connectivity index (χ4n) is 2.87. The average Bonchev–Trinajstić information content (AvgIpc) is 2.95. The Kier molecular flexibility index (Phi) is 5.71. The number of nitrogens with zero attached hydrogens (tertiary/aromatic N) is 1. The molecule has 1 amide bonds. The lowest BCUT2D eigenvalue weighted by atomic mass is 10.3. The van der Waals surface area contributed by atoms with Gasteiger partial charge in [0.05, 0.1) is 25.2 Å². The standard InChI is InChI=1S/C18H20N2O7S2/c1-3-27-15-7-4-13(5-8-15)19-29(24,25)17-12-14(6-9-16(17)26-2)20-18(21)10-11-28(20,22)23/h4-9,12,19H,3,10-11H2,1-2H3. The predicted molar refractivity (Wildman–Crippen MR) is 107 cm³/mol. The minimum atomic E-state index is -4.14. The maximum atomic E-state index is 12.9. The van der Waals surface area contributed by atoms with Crippen LogP contribution in [0.1, 0.15) is 13.3 Å². The molecule has 11 heteroatoms. The van der Waals surface area contributed by atoms with E-state index in [1.54, 1.807) is 12.1 Å². The molecule has 29 heavy (non-hydrogen) atoms. The van der Waals surface area contributed by atoms with Crippen molar-refractivity contribution in [1.82, 2.24) is 0 Å². The summed E-state index contributed by atoms with van der Waals surface area (Å²) in [5.41, 5.74) is 0.228. The number of rotatable bonds is 7. The minimum absolute atomic E-state index is 0.0104. The summed E-state index contributed by atoms with van der Waals surface area (Å²) in [7, 11) is -6.67. The lowest BCUT2D eigenvalue weighted by Crippen LogP contribution is -2.29. The van der Waals surface area contributed by atoms with Crippen LogP contribution >= 0.6 is 0 Å². The molecule has 1 saturated heterocycles. The highest BCUT2D eigenvalue weighted by Crippen LogP contribution is 2.33. The summed E-state index contributed by atoms with van der Waals surface area (Å²) < 4.78 is 63.7. The SMILES string of the molecule is CCOc1ccc(NS(=O)(=O)c2cc(N3C(=O)CCS3(=O)=O)ccc2OC)cc1. The van der Waals surface area contributed by atoms with Crippen molar-refractivity contribution in [2.45, 2.75) is 18.2 Å². The van der Waals surface area contributed by atoms with Gasteiger partial charge in [0.1, 0.15) is 16.4 Å². The first-order valence-electron chi connectivity index (χ1n) is 8.67. The number of anilines is 2. The molecule has 2 aromatic rings. The van der Waals surface area contributed by atoms with Crippen LogP contribution < -0.4 is 18.5 Å². The van der Waals surface area contributed by atoms with Gasteiger partial charge in [0.15, 0.2) is 0 Å². The van der Waals surface area contributed by atoms with Gasteiger partial charge < -0.3 is 9.47 Å². The second kappa shape index (κ2) is 7.91. The zero-order chi connectivity index (χ0) is 21.2. The largest absolute Gasteiger partial charge is 0.495 e. The number of amides is 1. The summed E-state index contributed by atoms with van der Waals surface area (Å²) in [6.07, 6.45) is -0.152. The maximum Gasteiger partial charge on any atom is 0.265 e. The number of carbonyl (C=O) groups excluding carboxylic acids is 1. The van der Waals surface area contributed by atoms with Gasteiger partial charge in [-0.2, -0.15) is 0 Å². The molecular formula is C18H20N2O7S2. The predicted octanol–water partition coefficient (Wildman–Crippen LogP) is 1.96. The number of carbonyl (C=O) groups is 1. The highest BCUT2D eigenvalue weighted by molar-refractivity contribution is 7.94. The van der Waals surface area contributed by atoms with Crippen molar-refractivity contribution >= 4 is 37.3 Å². The molecule has 1 fully saturated rings. The van der Waals surface area contributed by atoms with Crippen molar-refractivity contribution in [3.05, 3.63) is 42.5 Å². The van der Waals surface area contributed by atoms with Crippen LogP contribution in [0.4, 0.5) is 11.4 Å². The molecule has 1 aliphatic heterocycles. The molecule has 0 bridgehead atoms. The molecule has 0 radical (unpaired) electrons. The van der Waals surface area contributed by atoms with E-state index in [1.807, 2.05) is 6.92 Å². The van der Waals surface area contributed by atoms with Crippen LogP contribution in [0.3, 0.4) is 0 Å². The molecular weight excluding hydrogens is 420 g/mol. The number of methoxy groups -OCH3 is 1. The van der Waals surface area contributed by atoms with Crippen LogP contribution in [-0.2, 0) is 24.8 Å².